The topological polar surface area (TPSA) is 98.0 Å². The van der Waals surface area contributed by atoms with Crippen molar-refractivity contribution in [3.63, 3.8) is 0 Å². The maximum atomic E-state index is 8.38. The van der Waals surface area contributed by atoms with Gasteiger partial charge in [-0.25, -0.2) is 0 Å². The van der Waals surface area contributed by atoms with Gasteiger partial charge < -0.3 is 19.2 Å². The van der Waals surface area contributed by atoms with E-state index in [-0.39, 0.29) is 16.5 Å². The van der Waals surface area contributed by atoms with Gasteiger partial charge in [0.15, 0.2) is 0 Å². The molecule has 0 spiro atoms. The van der Waals surface area contributed by atoms with Crippen LogP contribution in [-0.2, 0) is 3.78 Å². The Hall–Kier alpha value is 0.400. The molecule has 4 N–H and O–H groups in total. The summed E-state index contributed by atoms with van der Waals surface area (Å²) >= 11 is 0.125. The maximum absolute atomic E-state index is 8.38. The zero-order valence-electron chi connectivity index (χ0n) is 3.40. The van der Waals surface area contributed by atoms with Crippen LogP contribution in [-0.4, -0.2) is 44.7 Å². The number of rotatable bonds is 0. The van der Waals surface area contributed by atoms with E-state index in [1.54, 1.807) is 0 Å². The summed E-state index contributed by atoms with van der Waals surface area (Å²) in [6, 6.07) is 0. The van der Waals surface area contributed by atoms with Crippen LogP contribution in [0, 0.1) is 0 Å². The molecule has 0 radical (unpaired) electrons. The van der Waals surface area contributed by atoms with Crippen molar-refractivity contribution in [3.05, 3.63) is 0 Å². The summed E-state index contributed by atoms with van der Waals surface area (Å²) < 4.78 is 8.38. The fourth-order valence-corrected chi connectivity index (χ4v) is 0. The first kappa shape index (κ1) is 10.4. The zero-order chi connectivity index (χ0) is 6.50. The third-order valence-electron chi connectivity index (χ3n) is 0. The SMILES string of the molecule is O[Si](O)(O)O.[O]=[GeH2]. The van der Waals surface area contributed by atoms with Gasteiger partial charge in [0.1, 0.15) is 0 Å². The molecular weight excluding hydrogens is 181 g/mol. The predicted molar refractivity (Wildman–Crippen MR) is 23.9 cm³/mol. The van der Waals surface area contributed by atoms with E-state index >= 15 is 0 Å². The molecule has 0 unspecified atom stereocenters. The van der Waals surface area contributed by atoms with Crippen molar-refractivity contribution in [1.82, 2.24) is 0 Å². The van der Waals surface area contributed by atoms with Crippen molar-refractivity contribution in [2.45, 2.75) is 0 Å². The Labute approximate surface area is 49.2 Å². The van der Waals surface area contributed by atoms with Gasteiger partial charge in [-0.15, -0.1) is 0 Å². The van der Waals surface area contributed by atoms with Gasteiger partial charge in [0.05, 0.1) is 0 Å². The van der Waals surface area contributed by atoms with E-state index in [1.807, 2.05) is 0 Å². The fraction of sp³-hybridized carbons (Fsp3) is 0. The Balaban J connectivity index is 0. The molecule has 0 fully saturated rings. The van der Waals surface area contributed by atoms with E-state index in [9.17, 15) is 0 Å². The van der Waals surface area contributed by atoms with Crippen LogP contribution in [0.25, 0.3) is 0 Å². The first-order chi connectivity index (χ1) is 3.00. The summed E-state index contributed by atoms with van der Waals surface area (Å²) in [6.45, 7) is 0. The van der Waals surface area contributed by atoms with Crippen LogP contribution in [0.5, 0.6) is 0 Å². The van der Waals surface area contributed by atoms with E-state index in [0.717, 1.165) is 0 Å². The van der Waals surface area contributed by atoms with Gasteiger partial charge in [-0.1, -0.05) is 0 Å². The normalized spacial score (nSPS) is 9.14. The van der Waals surface area contributed by atoms with Crippen LogP contribution in [0.2, 0.25) is 0 Å². The Kier molecular flexibility index (Phi) is 6.77. The van der Waals surface area contributed by atoms with Crippen LogP contribution in [0.15, 0.2) is 0 Å². The third-order valence-corrected chi connectivity index (χ3v) is 0. The molecular formula is H6GeO5Si. The molecule has 0 aliphatic heterocycles. The van der Waals surface area contributed by atoms with Crippen LogP contribution >= 0.6 is 0 Å². The fourth-order valence-electron chi connectivity index (χ4n) is 0. The Morgan fingerprint density at radius 3 is 1.00 bits per heavy atom. The third kappa shape index (κ3) is 775. The summed E-state index contributed by atoms with van der Waals surface area (Å²) in [6.07, 6.45) is 0. The standard InChI is InChI=1S/GeH2O.H4O4Si/c1-2;1-5(2,3)4/h1H2;1-4H. The van der Waals surface area contributed by atoms with Crippen LogP contribution < -0.4 is 0 Å². The molecule has 0 atom stereocenters. The molecule has 0 saturated heterocycles. The summed E-state index contributed by atoms with van der Waals surface area (Å²) in [7, 11) is -4.61. The van der Waals surface area contributed by atoms with Gasteiger partial charge in [-0.2, -0.15) is 0 Å². The Morgan fingerprint density at radius 2 is 1.00 bits per heavy atom. The average molecular weight is 187 g/mol. The minimum atomic E-state index is -4.61. The van der Waals surface area contributed by atoms with Crippen molar-refractivity contribution >= 4 is 25.5 Å². The summed E-state index contributed by atoms with van der Waals surface area (Å²) in [5.74, 6) is 0. The van der Waals surface area contributed by atoms with Gasteiger partial charge in [0.25, 0.3) is 0 Å². The van der Waals surface area contributed by atoms with E-state index in [2.05, 4.69) is 0 Å². The monoisotopic (exact) mass is 188 g/mol. The van der Waals surface area contributed by atoms with Crippen molar-refractivity contribution in [2.24, 2.45) is 0 Å². The van der Waals surface area contributed by atoms with E-state index in [4.69, 9.17) is 23.0 Å². The molecule has 5 nitrogen and oxygen atoms in total. The molecule has 44 valence electrons. The second-order valence-electron chi connectivity index (χ2n) is 0.600. The average Bonchev–Trinajstić information content (AvgIpc) is 1.36. The molecule has 0 aromatic rings. The quantitative estimate of drug-likeness (QED) is 0.293. The second kappa shape index (κ2) is 4.56. The zero-order valence-corrected chi connectivity index (χ0v) is 7.37. The van der Waals surface area contributed by atoms with Gasteiger partial charge in [-0.3, -0.25) is 0 Å². The molecule has 0 heterocycles. The first-order valence-corrected chi connectivity index (χ1v) is 4.18. The van der Waals surface area contributed by atoms with Gasteiger partial charge in [0, 0.05) is 0 Å². The molecule has 0 amide bonds. The molecule has 7 heavy (non-hydrogen) atoms. The van der Waals surface area contributed by atoms with Crippen LogP contribution in [0.1, 0.15) is 0 Å². The van der Waals surface area contributed by atoms with Gasteiger partial charge in [0.2, 0.25) is 0 Å². The molecule has 0 aliphatic carbocycles. The Bertz CT molecular complexity index is 31.8. The number of hydrogen-bond acceptors (Lipinski definition) is 5. The molecule has 0 rings (SSSR count). The van der Waals surface area contributed by atoms with Crippen molar-refractivity contribution in [1.29, 1.82) is 0 Å². The van der Waals surface area contributed by atoms with Gasteiger partial charge in [-0.05, 0) is 0 Å². The van der Waals surface area contributed by atoms with E-state index in [1.165, 1.54) is 0 Å². The Morgan fingerprint density at radius 1 is 1.00 bits per heavy atom. The predicted octanol–water partition coefficient (Wildman–Crippen LogP) is -3.64. The van der Waals surface area contributed by atoms with Crippen molar-refractivity contribution in [2.75, 3.05) is 0 Å². The molecule has 0 aromatic heterocycles. The molecule has 0 aliphatic rings. The molecule has 0 bridgehead atoms. The minimum absolute atomic E-state index is 0.125. The van der Waals surface area contributed by atoms with Crippen molar-refractivity contribution < 1.29 is 23.0 Å². The van der Waals surface area contributed by atoms with Crippen LogP contribution in [0.3, 0.4) is 0 Å². The van der Waals surface area contributed by atoms with Crippen molar-refractivity contribution in [3.8, 4) is 0 Å². The number of hydrogen-bond donors (Lipinski definition) is 4. The van der Waals surface area contributed by atoms with Crippen LogP contribution in [0.4, 0.5) is 0 Å². The molecule has 0 saturated carbocycles. The van der Waals surface area contributed by atoms with E-state index in [0.29, 0.717) is 0 Å². The summed E-state index contributed by atoms with van der Waals surface area (Å²) in [4.78, 5) is 29.3. The first-order valence-electron chi connectivity index (χ1n) is 1.18. The molecule has 0 aromatic carbocycles. The molecule has 7 heteroatoms. The summed E-state index contributed by atoms with van der Waals surface area (Å²) in [5.41, 5.74) is 0. The van der Waals surface area contributed by atoms with Gasteiger partial charge >= 0.3 is 29.3 Å². The second-order valence-corrected chi connectivity index (χ2v) is 1.80. The van der Waals surface area contributed by atoms with E-state index < -0.39 is 9.05 Å². The summed E-state index contributed by atoms with van der Waals surface area (Å²) in [5, 5.41) is 0.